The van der Waals surface area contributed by atoms with E-state index in [1.807, 2.05) is 0 Å². The third-order valence-electron chi connectivity index (χ3n) is 6.36. The van der Waals surface area contributed by atoms with Gasteiger partial charge in [0.1, 0.15) is 0 Å². The van der Waals surface area contributed by atoms with E-state index in [4.69, 9.17) is 4.74 Å². The zero-order valence-electron chi connectivity index (χ0n) is 15.5. The van der Waals surface area contributed by atoms with Gasteiger partial charge < -0.3 is 4.74 Å². The highest BCUT2D eigenvalue weighted by molar-refractivity contribution is 5.01. The van der Waals surface area contributed by atoms with Crippen LogP contribution in [0.2, 0.25) is 0 Å². The maximum Gasteiger partial charge on any atom is 0.0689 e. The quantitative estimate of drug-likeness (QED) is 0.529. The number of hydrogen-bond acceptors (Lipinski definition) is 2. The first-order valence-corrected chi connectivity index (χ1v) is 10.2. The predicted molar refractivity (Wildman–Crippen MR) is 96.1 cm³/mol. The molecule has 2 heteroatoms. The first-order chi connectivity index (χ1) is 11.2. The monoisotopic (exact) mass is 319 g/mol. The maximum atomic E-state index is 9.49. The summed E-state index contributed by atoms with van der Waals surface area (Å²) in [5.41, 5.74) is -0.0358. The number of rotatable bonds is 8. The molecular weight excluding hydrogens is 282 g/mol. The Hall–Kier alpha value is -0.550. The molecule has 0 unspecified atom stereocenters. The Morgan fingerprint density at radius 1 is 0.957 bits per heavy atom. The molecule has 0 aromatic heterocycles. The third kappa shape index (κ3) is 5.79. The fourth-order valence-corrected chi connectivity index (χ4v) is 4.66. The summed E-state index contributed by atoms with van der Waals surface area (Å²) in [6.45, 7) is 5.46. The summed E-state index contributed by atoms with van der Waals surface area (Å²) in [6.07, 6.45) is 16.7. The molecule has 0 aliphatic heterocycles. The van der Waals surface area contributed by atoms with E-state index in [0.29, 0.717) is 6.10 Å². The minimum atomic E-state index is -0.0358. The predicted octanol–water partition coefficient (Wildman–Crippen LogP) is 6.25. The maximum absolute atomic E-state index is 9.49. The van der Waals surface area contributed by atoms with Crippen LogP contribution in [0.5, 0.6) is 0 Å². The van der Waals surface area contributed by atoms with Crippen molar-refractivity contribution in [2.75, 3.05) is 6.61 Å². The van der Waals surface area contributed by atoms with Gasteiger partial charge in [0.25, 0.3) is 0 Å². The molecule has 2 aliphatic rings. The van der Waals surface area contributed by atoms with Crippen LogP contribution >= 0.6 is 0 Å². The van der Waals surface area contributed by atoms with E-state index in [0.717, 1.165) is 57.0 Å². The van der Waals surface area contributed by atoms with Crippen LogP contribution in [-0.2, 0) is 4.74 Å². The summed E-state index contributed by atoms with van der Waals surface area (Å²) < 4.78 is 6.25. The molecule has 0 radical (unpaired) electrons. The number of hydrogen-bond donors (Lipinski definition) is 0. The lowest BCUT2D eigenvalue weighted by molar-refractivity contribution is -0.0183. The largest absolute Gasteiger partial charge is 0.378 e. The molecule has 0 aromatic rings. The molecule has 0 atom stereocenters. The minimum Gasteiger partial charge on any atom is -0.378 e. The van der Waals surface area contributed by atoms with Gasteiger partial charge in [-0.3, -0.25) is 0 Å². The lowest BCUT2D eigenvalue weighted by Gasteiger charge is -2.36. The van der Waals surface area contributed by atoms with Gasteiger partial charge in [0.2, 0.25) is 0 Å². The molecule has 0 amide bonds. The summed E-state index contributed by atoms with van der Waals surface area (Å²) >= 11 is 0. The van der Waals surface area contributed by atoms with Gasteiger partial charge in [-0.1, -0.05) is 52.4 Å². The summed E-state index contributed by atoms with van der Waals surface area (Å²) in [4.78, 5) is 0. The van der Waals surface area contributed by atoms with Crippen LogP contribution in [0.4, 0.5) is 0 Å². The van der Waals surface area contributed by atoms with Crippen molar-refractivity contribution in [1.29, 1.82) is 5.26 Å². The smallest absolute Gasteiger partial charge is 0.0689 e. The first kappa shape index (κ1) is 18.8. The van der Waals surface area contributed by atoms with Crippen molar-refractivity contribution in [2.45, 2.75) is 103 Å². The Labute approximate surface area is 144 Å². The molecule has 2 fully saturated rings. The number of nitrogens with zero attached hydrogens (tertiary/aromatic N) is 1. The van der Waals surface area contributed by atoms with Crippen LogP contribution in [0.25, 0.3) is 0 Å². The molecule has 2 nitrogen and oxygen atoms in total. The van der Waals surface area contributed by atoms with Gasteiger partial charge in [-0.05, 0) is 56.8 Å². The van der Waals surface area contributed by atoms with Gasteiger partial charge in [0.15, 0.2) is 0 Å². The Bertz CT molecular complexity index is 357. The van der Waals surface area contributed by atoms with Crippen LogP contribution < -0.4 is 0 Å². The van der Waals surface area contributed by atoms with E-state index in [1.54, 1.807) is 0 Å². The van der Waals surface area contributed by atoms with Crippen molar-refractivity contribution in [3.63, 3.8) is 0 Å². The van der Waals surface area contributed by atoms with E-state index >= 15 is 0 Å². The number of ether oxygens (including phenoxy) is 1. The van der Waals surface area contributed by atoms with Crippen molar-refractivity contribution >= 4 is 0 Å². The Kier molecular flexibility index (Phi) is 7.90. The Morgan fingerprint density at radius 2 is 1.61 bits per heavy atom. The van der Waals surface area contributed by atoms with Crippen molar-refractivity contribution in [1.82, 2.24) is 0 Å². The molecule has 2 aliphatic carbocycles. The topological polar surface area (TPSA) is 33.0 Å². The average Bonchev–Trinajstić information content (AvgIpc) is 2.60. The molecule has 132 valence electrons. The lowest BCUT2D eigenvalue weighted by Crippen LogP contribution is -2.31. The van der Waals surface area contributed by atoms with Crippen molar-refractivity contribution < 1.29 is 4.74 Å². The molecule has 2 saturated carbocycles. The zero-order valence-corrected chi connectivity index (χ0v) is 15.5. The molecule has 23 heavy (non-hydrogen) atoms. The van der Waals surface area contributed by atoms with Gasteiger partial charge in [-0.2, -0.15) is 5.26 Å². The summed E-state index contributed by atoms with van der Waals surface area (Å²) in [5.74, 6) is 1.79. The number of unbranched alkanes of at least 4 members (excludes halogenated alkanes) is 1. The second kappa shape index (κ2) is 9.67. The van der Waals surface area contributed by atoms with Crippen molar-refractivity contribution in [2.24, 2.45) is 17.3 Å². The van der Waals surface area contributed by atoms with Gasteiger partial charge in [-0.15, -0.1) is 0 Å². The van der Waals surface area contributed by atoms with Gasteiger partial charge in [-0.25, -0.2) is 0 Å². The molecule has 0 bridgehead atoms. The Balaban J connectivity index is 1.62. The fourth-order valence-electron chi connectivity index (χ4n) is 4.66. The minimum absolute atomic E-state index is 0.0358. The summed E-state index contributed by atoms with van der Waals surface area (Å²) in [7, 11) is 0. The van der Waals surface area contributed by atoms with Crippen molar-refractivity contribution in [3.05, 3.63) is 0 Å². The second-order valence-electron chi connectivity index (χ2n) is 8.20. The summed E-state index contributed by atoms with van der Waals surface area (Å²) in [5, 5.41) is 9.49. The highest BCUT2D eigenvalue weighted by Gasteiger charge is 2.35. The van der Waals surface area contributed by atoms with Crippen LogP contribution in [0, 0.1) is 28.6 Å². The Morgan fingerprint density at radius 3 is 2.17 bits per heavy atom. The standard InChI is InChI=1S/C21H37NO/c1-3-5-6-18-7-9-19(10-8-18)16-23-20-11-14-21(17-22,13-4-2)15-12-20/h18-20H,3-16H2,1-2H3/t18-,19-,20-,21-. The molecule has 0 heterocycles. The van der Waals surface area contributed by atoms with Crippen molar-refractivity contribution in [3.8, 4) is 6.07 Å². The summed E-state index contributed by atoms with van der Waals surface area (Å²) in [6, 6.07) is 2.61. The molecule has 0 spiro atoms. The van der Waals surface area contributed by atoms with Gasteiger partial charge >= 0.3 is 0 Å². The SMILES string of the molecule is CCCC[C@H]1CC[C@H](CO[C@H]2CC[C@@](C#N)(CCC)CC2)CC1. The van der Waals surface area contributed by atoms with Crippen LogP contribution in [0.1, 0.15) is 97.3 Å². The van der Waals surface area contributed by atoms with E-state index in [1.165, 1.54) is 44.9 Å². The van der Waals surface area contributed by atoms with E-state index in [-0.39, 0.29) is 5.41 Å². The van der Waals surface area contributed by atoms with E-state index in [9.17, 15) is 5.26 Å². The lowest BCUT2D eigenvalue weighted by atomic mass is 9.71. The highest BCUT2D eigenvalue weighted by Crippen LogP contribution is 2.41. The molecule has 2 rings (SSSR count). The van der Waals surface area contributed by atoms with E-state index < -0.39 is 0 Å². The molecular formula is C21H37NO. The number of nitriles is 1. The fraction of sp³-hybridized carbons (Fsp3) is 0.952. The third-order valence-corrected chi connectivity index (χ3v) is 6.36. The van der Waals surface area contributed by atoms with Gasteiger partial charge in [0, 0.05) is 6.61 Å². The normalized spacial score (nSPS) is 34.9. The average molecular weight is 320 g/mol. The molecule has 0 saturated heterocycles. The van der Waals surface area contributed by atoms with Crippen LogP contribution in [0.3, 0.4) is 0 Å². The first-order valence-electron chi connectivity index (χ1n) is 10.2. The highest BCUT2D eigenvalue weighted by atomic mass is 16.5. The zero-order chi connectivity index (χ0) is 16.5. The van der Waals surface area contributed by atoms with Gasteiger partial charge in [0.05, 0.1) is 17.6 Å². The second-order valence-corrected chi connectivity index (χ2v) is 8.20. The van der Waals surface area contributed by atoms with Crippen LogP contribution in [0.15, 0.2) is 0 Å². The van der Waals surface area contributed by atoms with Crippen LogP contribution in [-0.4, -0.2) is 12.7 Å². The van der Waals surface area contributed by atoms with E-state index in [2.05, 4.69) is 19.9 Å². The molecule has 0 N–H and O–H groups in total. The molecule has 0 aromatic carbocycles.